The van der Waals surface area contributed by atoms with Crippen molar-refractivity contribution in [2.24, 2.45) is 5.73 Å². The van der Waals surface area contributed by atoms with Gasteiger partial charge in [-0.15, -0.1) is 0 Å². The van der Waals surface area contributed by atoms with Gasteiger partial charge in [-0.3, -0.25) is 0 Å². The van der Waals surface area contributed by atoms with E-state index in [1.165, 1.54) is 47.9 Å². The molecule has 0 saturated carbocycles. The summed E-state index contributed by atoms with van der Waals surface area (Å²) in [6, 6.07) is 6.68. The lowest BCUT2D eigenvalue weighted by Gasteiger charge is -2.21. The van der Waals surface area contributed by atoms with Crippen molar-refractivity contribution in [3.8, 4) is 0 Å². The Morgan fingerprint density at radius 3 is 2.62 bits per heavy atom. The molecule has 1 heteroatoms. The second-order valence-corrected chi connectivity index (χ2v) is 4.86. The Morgan fingerprint density at radius 1 is 1.19 bits per heavy atom. The molecule has 2 rings (SSSR count). The molecule has 0 amide bonds. The summed E-state index contributed by atoms with van der Waals surface area (Å²) in [5, 5.41) is 0. The molecule has 0 fully saturated rings. The van der Waals surface area contributed by atoms with Gasteiger partial charge in [0.05, 0.1) is 6.04 Å². The molecule has 0 bridgehead atoms. The molecule has 86 valence electrons. The summed E-state index contributed by atoms with van der Waals surface area (Å²) in [5.41, 5.74) is 11.7. The van der Waals surface area contributed by atoms with E-state index in [0.29, 0.717) is 0 Å². The van der Waals surface area contributed by atoms with Gasteiger partial charge >= 0.3 is 0 Å². The van der Waals surface area contributed by atoms with Crippen LogP contribution in [0.2, 0.25) is 0 Å². The van der Waals surface area contributed by atoms with Crippen LogP contribution in [0.1, 0.15) is 48.4 Å². The maximum Gasteiger partial charge on any atom is 0.0513 e. The number of aryl methyl sites for hydroxylation is 2. The summed E-state index contributed by atoms with van der Waals surface area (Å²) >= 11 is 0. The van der Waals surface area contributed by atoms with Crippen LogP contribution < -0.4 is 5.73 Å². The van der Waals surface area contributed by atoms with E-state index in [2.05, 4.69) is 38.1 Å². The van der Waals surface area contributed by atoms with Crippen LogP contribution in [0, 0.1) is 13.8 Å². The standard InChI is InChI=1S/C15H21N/c1-11-8-9-14(12(2)10-11)15(16)13-6-4-3-5-7-13/h6,8-10,15H,3-5,7,16H2,1-2H3. The van der Waals surface area contributed by atoms with Crippen molar-refractivity contribution in [1.82, 2.24) is 0 Å². The second-order valence-electron chi connectivity index (χ2n) is 4.86. The minimum Gasteiger partial charge on any atom is -0.321 e. The largest absolute Gasteiger partial charge is 0.321 e. The van der Waals surface area contributed by atoms with Gasteiger partial charge in [0.25, 0.3) is 0 Å². The molecular formula is C15H21N. The third-order valence-electron chi connectivity index (χ3n) is 3.49. The van der Waals surface area contributed by atoms with E-state index in [-0.39, 0.29) is 6.04 Å². The van der Waals surface area contributed by atoms with Crippen LogP contribution >= 0.6 is 0 Å². The Balaban J connectivity index is 2.26. The van der Waals surface area contributed by atoms with Crippen molar-refractivity contribution in [3.05, 3.63) is 46.5 Å². The van der Waals surface area contributed by atoms with Crippen molar-refractivity contribution in [2.45, 2.75) is 45.6 Å². The minimum absolute atomic E-state index is 0.112. The zero-order valence-corrected chi connectivity index (χ0v) is 10.3. The summed E-state index contributed by atoms with van der Waals surface area (Å²) in [4.78, 5) is 0. The lowest BCUT2D eigenvalue weighted by atomic mass is 9.88. The number of benzene rings is 1. The number of allylic oxidation sites excluding steroid dienone is 1. The normalized spacial score (nSPS) is 18.1. The molecule has 0 radical (unpaired) electrons. The highest BCUT2D eigenvalue weighted by Gasteiger charge is 2.15. The predicted molar refractivity (Wildman–Crippen MR) is 69.4 cm³/mol. The van der Waals surface area contributed by atoms with Crippen LogP contribution in [0.4, 0.5) is 0 Å². The summed E-state index contributed by atoms with van der Waals surface area (Å²) in [7, 11) is 0. The summed E-state index contributed by atoms with van der Waals surface area (Å²) < 4.78 is 0. The van der Waals surface area contributed by atoms with Crippen molar-refractivity contribution in [2.75, 3.05) is 0 Å². The highest BCUT2D eigenvalue weighted by Crippen LogP contribution is 2.29. The van der Waals surface area contributed by atoms with Gasteiger partial charge in [-0.05, 0) is 50.7 Å². The average molecular weight is 215 g/mol. The first-order valence-electron chi connectivity index (χ1n) is 6.20. The van der Waals surface area contributed by atoms with E-state index in [1.807, 2.05) is 0 Å². The molecule has 1 aromatic rings. The smallest absolute Gasteiger partial charge is 0.0513 e. The highest BCUT2D eigenvalue weighted by atomic mass is 14.6. The quantitative estimate of drug-likeness (QED) is 0.746. The fourth-order valence-corrected chi connectivity index (χ4v) is 2.52. The molecule has 1 nitrogen and oxygen atoms in total. The summed E-state index contributed by atoms with van der Waals surface area (Å²) in [6.07, 6.45) is 7.34. The van der Waals surface area contributed by atoms with Crippen LogP contribution in [-0.4, -0.2) is 0 Å². The fourth-order valence-electron chi connectivity index (χ4n) is 2.52. The predicted octanol–water partition coefficient (Wildman–Crippen LogP) is 3.80. The number of hydrogen-bond donors (Lipinski definition) is 1. The molecule has 0 saturated heterocycles. The molecule has 0 aromatic heterocycles. The van der Waals surface area contributed by atoms with Gasteiger partial charge in [-0.2, -0.15) is 0 Å². The monoisotopic (exact) mass is 215 g/mol. The summed E-state index contributed by atoms with van der Waals surface area (Å²) in [6.45, 7) is 4.29. The molecule has 1 aliphatic carbocycles. The first kappa shape index (κ1) is 11.4. The Bertz CT molecular complexity index is 404. The van der Waals surface area contributed by atoms with E-state index in [1.54, 1.807) is 0 Å². The number of rotatable bonds is 2. The Labute approximate surface area is 98.4 Å². The van der Waals surface area contributed by atoms with Gasteiger partial charge in [-0.25, -0.2) is 0 Å². The zero-order valence-electron chi connectivity index (χ0n) is 10.3. The molecule has 1 aromatic carbocycles. The van der Waals surface area contributed by atoms with E-state index in [4.69, 9.17) is 5.73 Å². The lowest BCUT2D eigenvalue weighted by Crippen LogP contribution is -2.16. The SMILES string of the molecule is Cc1ccc(C(N)C2=CCCCC2)c(C)c1. The molecule has 1 unspecified atom stereocenters. The van der Waals surface area contributed by atoms with Crippen molar-refractivity contribution in [3.63, 3.8) is 0 Å². The molecule has 1 atom stereocenters. The Hall–Kier alpha value is -1.08. The Kier molecular flexibility index (Phi) is 3.45. The van der Waals surface area contributed by atoms with Crippen LogP contribution in [0.5, 0.6) is 0 Å². The first-order valence-corrected chi connectivity index (χ1v) is 6.20. The highest BCUT2D eigenvalue weighted by molar-refractivity contribution is 5.37. The van der Waals surface area contributed by atoms with E-state index in [0.717, 1.165) is 0 Å². The maximum atomic E-state index is 6.35. The van der Waals surface area contributed by atoms with Crippen molar-refractivity contribution >= 4 is 0 Å². The van der Waals surface area contributed by atoms with Crippen LogP contribution in [0.25, 0.3) is 0 Å². The van der Waals surface area contributed by atoms with Crippen molar-refractivity contribution < 1.29 is 0 Å². The van der Waals surface area contributed by atoms with Gasteiger partial charge in [0.15, 0.2) is 0 Å². The van der Waals surface area contributed by atoms with E-state index < -0.39 is 0 Å². The third-order valence-corrected chi connectivity index (χ3v) is 3.49. The van der Waals surface area contributed by atoms with Gasteiger partial charge in [-0.1, -0.05) is 35.4 Å². The van der Waals surface area contributed by atoms with Gasteiger partial charge < -0.3 is 5.73 Å². The topological polar surface area (TPSA) is 26.0 Å². The molecule has 2 N–H and O–H groups in total. The fraction of sp³-hybridized carbons (Fsp3) is 0.467. The third kappa shape index (κ3) is 2.35. The molecular weight excluding hydrogens is 194 g/mol. The summed E-state index contributed by atoms with van der Waals surface area (Å²) in [5.74, 6) is 0. The molecule has 16 heavy (non-hydrogen) atoms. The second kappa shape index (κ2) is 4.84. The maximum absolute atomic E-state index is 6.35. The number of nitrogens with two attached hydrogens (primary N) is 1. The van der Waals surface area contributed by atoms with E-state index >= 15 is 0 Å². The van der Waals surface area contributed by atoms with Gasteiger partial charge in [0.1, 0.15) is 0 Å². The van der Waals surface area contributed by atoms with Gasteiger partial charge in [0, 0.05) is 0 Å². The van der Waals surface area contributed by atoms with Crippen LogP contribution in [-0.2, 0) is 0 Å². The molecule has 0 heterocycles. The Morgan fingerprint density at radius 2 is 2.00 bits per heavy atom. The lowest BCUT2D eigenvalue weighted by molar-refractivity contribution is 0.647. The minimum atomic E-state index is 0.112. The van der Waals surface area contributed by atoms with Crippen LogP contribution in [0.3, 0.4) is 0 Å². The molecule has 0 aliphatic heterocycles. The zero-order chi connectivity index (χ0) is 11.5. The first-order chi connectivity index (χ1) is 7.68. The average Bonchev–Trinajstić information content (AvgIpc) is 2.29. The number of hydrogen-bond acceptors (Lipinski definition) is 1. The van der Waals surface area contributed by atoms with E-state index in [9.17, 15) is 0 Å². The van der Waals surface area contributed by atoms with Crippen LogP contribution in [0.15, 0.2) is 29.8 Å². The molecule has 0 spiro atoms. The van der Waals surface area contributed by atoms with Crippen molar-refractivity contribution in [1.29, 1.82) is 0 Å². The van der Waals surface area contributed by atoms with Gasteiger partial charge in [0.2, 0.25) is 0 Å². The molecule has 1 aliphatic rings.